The molecule has 0 atom stereocenters. The second-order valence-electron chi connectivity index (χ2n) is 5.25. The van der Waals surface area contributed by atoms with Crippen LogP contribution in [0.25, 0.3) is 0 Å². The van der Waals surface area contributed by atoms with Crippen LogP contribution in [0.1, 0.15) is 32.6 Å². The maximum absolute atomic E-state index is 12.8. The predicted octanol–water partition coefficient (Wildman–Crippen LogP) is 4.46. The molecule has 3 nitrogen and oxygen atoms in total. The predicted molar refractivity (Wildman–Crippen MR) is 85.0 cm³/mol. The molecule has 108 valence electrons. The van der Waals surface area contributed by atoms with E-state index in [1.165, 1.54) is 0 Å². The second kappa shape index (κ2) is 5.78. The molecular weight excluding hydrogens is 406 g/mol. The van der Waals surface area contributed by atoms with E-state index < -0.39 is 14.6 Å². The van der Waals surface area contributed by atoms with Gasteiger partial charge in [-0.05, 0) is 52.9 Å². The van der Waals surface area contributed by atoms with Gasteiger partial charge in [0.1, 0.15) is 0 Å². The summed E-state index contributed by atoms with van der Waals surface area (Å²) < 4.78 is 25.6. The molecule has 0 N–H and O–H groups in total. The number of nitrogens with zero attached hydrogens (tertiary/aromatic N) is 1. The molecule has 1 aromatic rings. The largest absolute Gasteiger partial charge is 0.222 e. The molecule has 1 aliphatic rings. The van der Waals surface area contributed by atoms with Gasteiger partial charge >= 0.3 is 0 Å². The maximum Gasteiger partial charge on any atom is 0.198 e. The van der Waals surface area contributed by atoms with Crippen LogP contribution in [0, 0.1) is 17.2 Å². The Morgan fingerprint density at radius 2 is 2.05 bits per heavy atom. The van der Waals surface area contributed by atoms with E-state index in [4.69, 9.17) is 0 Å². The molecule has 1 aromatic carbocycles. The quantitative estimate of drug-likeness (QED) is 0.722. The van der Waals surface area contributed by atoms with Crippen molar-refractivity contribution >= 4 is 41.7 Å². The summed E-state index contributed by atoms with van der Waals surface area (Å²) in [6.45, 7) is 2.08. The third-order valence-corrected chi connectivity index (χ3v) is 7.65. The minimum absolute atomic E-state index is 0.198. The molecule has 0 radical (unpaired) electrons. The first kappa shape index (κ1) is 16.0. The fourth-order valence-corrected chi connectivity index (χ4v) is 6.21. The van der Waals surface area contributed by atoms with Crippen LogP contribution in [0.2, 0.25) is 0 Å². The maximum atomic E-state index is 12.8. The summed E-state index contributed by atoms with van der Waals surface area (Å²) in [6.07, 6.45) is 2.89. The number of hydrogen-bond acceptors (Lipinski definition) is 3. The molecule has 20 heavy (non-hydrogen) atoms. The highest BCUT2D eigenvalue weighted by molar-refractivity contribution is 9.11. The summed E-state index contributed by atoms with van der Waals surface area (Å²) in [5.41, 5.74) is 0. The van der Waals surface area contributed by atoms with Gasteiger partial charge < -0.3 is 0 Å². The number of nitriles is 1. The van der Waals surface area contributed by atoms with E-state index in [2.05, 4.69) is 44.9 Å². The van der Waals surface area contributed by atoms with Crippen LogP contribution in [-0.4, -0.2) is 13.2 Å². The molecule has 1 saturated carbocycles. The average molecular weight is 421 g/mol. The molecule has 0 bridgehead atoms. The molecule has 2 rings (SSSR count). The minimum Gasteiger partial charge on any atom is -0.222 e. The zero-order valence-corrected chi connectivity index (χ0v) is 15.1. The standard InChI is InChI=1S/C14H15Br2NO2S/c1-2-3-10-7-14(8-10,9-17)20(18,19)13-6-11(15)4-5-12(13)16/h4-6,10H,2-3,7-8H2,1H3. The minimum atomic E-state index is -3.66. The van der Waals surface area contributed by atoms with Gasteiger partial charge in [-0.1, -0.05) is 35.7 Å². The first-order valence-corrected chi connectivity index (χ1v) is 9.54. The molecule has 0 aromatic heterocycles. The van der Waals surface area contributed by atoms with Crippen LogP contribution < -0.4 is 0 Å². The molecular formula is C14H15Br2NO2S. The van der Waals surface area contributed by atoms with Crippen LogP contribution in [0.4, 0.5) is 0 Å². The van der Waals surface area contributed by atoms with E-state index in [1.807, 2.05) is 0 Å². The van der Waals surface area contributed by atoms with Gasteiger partial charge in [0.15, 0.2) is 14.6 Å². The van der Waals surface area contributed by atoms with Crippen molar-refractivity contribution in [1.82, 2.24) is 0 Å². The lowest BCUT2D eigenvalue weighted by atomic mass is 9.73. The molecule has 6 heteroatoms. The molecule has 0 heterocycles. The van der Waals surface area contributed by atoms with Gasteiger partial charge in [0, 0.05) is 8.95 Å². The highest BCUT2D eigenvalue weighted by atomic mass is 79.9. The Balaban J connectivity index is 2.40. The zero-order chi connectivity index (χ0) is 15.0. The van der Waals surface area contributed by atoms with Crippen molar-refractivity contribution in [3.8, 4) is 6.07 Å². The highest BCUT2D eigenvalue weighted by Gasteiger charge is 2.55. The van der Waals surface area contributed by atoms with Gasteiger partial charge in [-0.2, -0.15) is 5.26 Å². The Bertz CT molecular complexity index is 658. The van der Waals surface area contributed by atoms with Crippen molar-refractivity contribution < 1.29 is 8.42 Å². The summed E-state index contributed by atoms with van der Waals surface area (Å²) in [6, 6.07) is 7.08. The Labute approximate surface area is 136 Å². The summed E-state index contributed by atoms with van der Waals surface area (Å²) in [5, 5.41) is 9.42. The third kappa shape index (κ3) is 2.56. The van der Waals surface area contributed by atoms with Gasteiger partial charge in [-0.25, -0.2) is 8.42 Å². The van der Waals surface area contributed by atoms with Crippen molar-refractivity contribution in [1.29, 1.82) is 5.26 Å². The first-order chi connectivity index (χ1) is 9.36. The topological polar surface area (TPSA) is 57.9 Å². The zero-order valence-electron chi connectivity index (χ0n) is 11.1. The van der Waals surface area contributed by atoms with Crippen LogP contribution >= 0.6 is 31.9 Å². The van der Waals surface area contributed by atoms with Gasteiger partial charge in [0.05, 0.1) is 11.0 Å². The van der Waals surface area contributed by atoms with Crippen LogP contribution in [0.5, 0.6) is 0 Å². The Kier molecular flexibility index (Phi) is 4.63. The lowest BCUT2D eigenvalue weighted by Crippen LogP contribution is -2.49. The lowest BCUT2D eigenvalue weighted by Gasteiger charge is -2.41. The Morgan fingerprint density at radius 1 is 1.40 bits per heavy atom. The molecule has 0 unspecified atom stereocenters. The van der Waals surface area contributed by atoms with Crippen LogP contribution in [0.15, 0.2) is 32.0 Å². The average Bonchev–Trinajstić information content (AvgIpc) is 2.35. The van der Waals surface area contributed by atoms with E-state index >= 15 is 0 Å². The van der Waals surface area contributed by atoms with Crippen molar-refractivity contribution in [2.75, 3.05) is 0 Å². The van der Waals surface area contributed by atoms with E-state index in [1.54, 1.807) is 18.2 Å². The fourth-order valence-electron chi connectivity index (χ4n) is 2.75. The van der Waals surface area contributed by atoms with E-state index in [9.17, 15) is 13.7 Å². The molecule has 1 fully saturated rings. The van der Waals surface area contributed by atoms with Crippen LogP contribution in [0.3, 0.4) is 0 Å². The summed E-state index contributed by atoms with van der Waals surface area (Å²) >= 11 is 6.56. The van der Waals surface area contributed by atoms with E-state index in [0.29, 0.717) is 27.7 Å². The van der Waals surface area contributed by atoms with Crippen molar-refractivity contribution in [3.05, 3.63) is 27.1 Å². The molecule has 0 amide bonds. The molecule has 0 saturated heterocycles. The van der Waals surface area contributed by atoms with Gasteiger partial charge in [-0.3, -0.25) is 0 Å². The van der Waals surface area contributed by atoms with Gasteiger partial charge in [-0.15, -0.1) is 0 Å². The number of hydrogen-bond donors (Lipinski definition) is 0. The monoisotopic (exact) mass is 419 g/mol. The van der Waals surface area contributed by atoms with E-state index in [-0.39, 0.29) is 4.90 Å². The van der Waals surface area contributed by atoms with Crippen molar-refractivity contribution in [2.24, 2.45) is 5.92 Å². The Morgan fingerprint density at radius 3 is 2.60 bits per heavy atom. The van der Waals surface area contributed by atoms with E-state index in [0.717, 1.165) is 12.8 Å². The lowest BCUT2D eigenvalue weighted by molar-refractivity contribution is 0.246. The normalized spacial score (nSPS) is 25.8. The smallest absolute Gasteiger partial charge is 0.198 e. The number of sulfone groups is 1. The number of benzene rings is 1. The van der Waals surface area contributed by atoms with Crippen LogP contribution in [-0.2, 0) is 9.84 Å². The van der Waals surface area contributed by atoms with Crippen molar-refractivity contribution in [3.63, 3.8) is 0 Å². The SMILES string of the molecule is CCCC1CC(C#N)(S(=O)(=O)c2cc(Br)ccc2Br)C1. The highest BCUT2D eigenvalue weighted by Crippen LogP contribution is 2.49. The third-order valence-electron chi connectivity index (χ3n) is 3.83. The van der Waals surface area contributed by atoms with Gasteiger partial charge in [0.2, 0.25) is 0 Å². The molecule has 1 aliphatic carbocycles. The second-order valence-corrected chi connectivity index (χ2v) is 9.25. The molecule has 0 aliphatic heterocycles. The fraction of sp³-hybridized carbons (Fsp3) is 0.500. The summed E-state index contributed by atoms with van der Waals surface area (Å²) in [4.78, 5) is 0.198. The summed E-state index contributed by atoms with van der Waals surface area (Å²) in [5.74, 6) is 0.348. The molecule has 0 spiro atoms. The summed E-state index contributed by atoms with van der Waals surface area (Å²) in [7, 11) is -3.66. The van der Waals surface area contributed by atoms with Crippen molar-refractivity contribution in [2.45, 2.75) is 42.2 Å². The number of halogens is 2. The first-order valence-electron chi connectivity index (χ1n) is 6.47. The Hall–Kier alpha value is -0.380. The van der Waals surface area contributed by atoms with Gasteiger partial charge in [0.25, 0.3) is 0 Å². The number of rotatable bonds is 4.